The Kier molecular flexibility index (Phi) is 8.68. The lowest BCUT2D eigenvalue weighted by molar-refractivity contribution is -0.113. The zero-order valence-corrected chi connectivity index (χ0v) is 21.9. The molecular formula is C29H24ClN3O3S. The third kappa shape index (κ3) is 6.62. The number of hydrogen-bond acceptors (Lipinski definition) is 6. The molecule has 0 spiro atoms. The van der Waals surface area contributed by atoms with E-state index in [4.69, 9.17) is 26.1 Å². The zero-order chi connectivity index (χ0) is 26.2. The van der Waals surface area contributed by atoms with E-state index in [0.29, 0.717) is 33.6 Å². The van der Waals surface area contributed by atoms with E-state index in [1.165, 1.54) is 11.8 Å². The highest BCUT2D eigenvalue weighted by molar-refractivity contribution is 8.00. The Morgan fingerprint density at radius 1 is 1.00 bits per heavy atom. The number of ether oxygens (including phenoxy) is 2. The molecule has 1 amide bonds. The molecule has 0 fully saturated rings. The molecule has 186 valence electrons. The number of nitrogens with one attached hydrogen (secondary N) is 1. The maximum absolute atomic E-state index is 12.7. The Labute approximate surface area is 225 Å². The van der Waals surface area contributed by atoms with Crippen LogP contribution in [0.1, 0.15) is 12.5 Å². The average molecular weight is 530 g/mol. The quantitative estimate of drug-likeness (QED) is 0.233. The van der Waals surface area contributed by atoms with Gasteiger partial charge in [-0.05, 0) is 67.1 Å². The summed E-state index contributed by atoms with van der Waals surface area (Å²) in [6.45, 7) is 2.49. The van der Waals surface area contributed by atoms with Crippen LogP contribution in [0.3, 0.4) is 0 Å². The minimum absolute atomic E-state index is 0.0843. The maximum atomic E-state index is 12.7. The number of thioether (sulfide) groups is 1. The van der Waals surface area contributed by atoms with Crippen LogP contribution >= 0.6 is 23.4 Å². The summed E-state index contributed by atoms with van der Waals surface area (Å²) in [4.78, 5) is 17.5. The average Bonchev–Trinajstić information content (AvgIpc) is 2.93. The lowest BCUT2D eigenvalue weighted by Gasteiger charge is -2.13. The van der Waals surface area contributed by atoms with E-state index >= 15 is 0 Å². The number of pyridine rings is 1. The Morgan fingerprint density at radius 3 is 2.27 bits per heavy atom. The van der Waals surface area contributed by atoms with Crippen LogP contribution in [0.5, 0.6) is 11.5 Å². The van der Waals surface area contributed by atoms with Crippen LogP contribution < -0.4 is 14.8 Å². The lowest BCUT2D eigenvalue weighted by Crippen LogP contribution is -2.14. The van der Waals surface area contributed by atoms with Crippen LogP contribution in [-0.4, -0.2) is 30.4 Å². The number of aromatic nitrogens is 1. The molecule has 1 N–H and O–H groups in total. The van der Waals surface area contributed by atoms with Gasteiger partial charge < -0.3 is 14.8 Å². The molecule has 0 saturated heterocycles. The molecule has 4 rings (SSSR count). The second kappa shape index (κ2) is 12.3. The van der Waals surface area contributed by atoms with Gasteiger partial charge in [0.15, 0.2) is 0 Å². The van der Waals surface area contributed by atoms with Crippen LogP contribution in [-0.2, 0) is 4.79 Å². The number of amides is 1. The summed E-state index contributed by atoms with van der Waals surface area (Å²) in [6.07, 6.45) is 0. The Morgan fingerprint density at radius 2 is 1.65 bits per heavy atom. The molecule has 3 aromatic carbocycles. The summed E-state index contributed by atoms with van der Waals surface area (Å²) in [5.74, 6) is 1.33. The van der Waals surface area contributed by atoms with Crippen molar-refractivity contribution in [2.24, 2.45) is 0 Å². The van der Waals surface area contributed by atoms with Gasteiger partial charge in [-0.2, -0.15) is 5.26 Å². The number of nitriles is 1. The molecule has 8 heteroatoms. The molecule has 0 saturated carbocycles. The first-order valence-electron chi connectivity index (χ1n) is 11.5. The zero-order valence-electron chi connectivity index (χ0n) is 20.3. The molecule has 0 aliphatic carbocycles. The van der Waals surface area contributed by atoms with E-state index in [1.54, 1.807) is 43.5 Å². The van der Waals surface area contributed by atoms with Crippen LogP contribution in [0.2, 0.25) is 5.02 Å². The van der Waals surface area contributed by atoms with Gasteiger partial charge in [-0.25, -0.2) is 4.98 Å². The molecule has 0 unspecified atom stereocenters. The number of nitrogens with zero attached hydrogens (tertiary/aromatic N) is 2. The molecule has 0 aliphatic rings. The topological polar surface area (TPSA) is 84.2 Å². The fourth-order valence-electron chi connectivity index (χ4n) is 3.63. The number of hydrogen-bond donors (Lipinski definition) is 1. The molecule has 0 atom stereocenters. The smallest absolute Gasteiger partial charge is 0.234 e. The third-order valence-electron chi connectivity index (χ3n) is 5.43. The van der Waals surface area contributed by atoms with Crippen molar-refractivity contribution in [1.29, 1.82) is 5.26 Å². The van der Waals surface area contributed by atoms with Gasteiger partial charge in [0, 0.05) is 21.8 Å². The van der Waals surface area contributed by atoms with Gasteiger partial charge in [0.25, 0.3) is 0 Å². The molecule has 1 heterocycles. The molecule has 0 bridgehead atoms. The molecular weight excluding hydrogens is 506 g/mol. The van der Waals surface area contributed by atoms with Crippen LogP contribution in [0.15, 0.2) is 83.9 Å². The number of carbonyl (C=O) groups excluding carboxylic acids is 1. The van der Waals surface area contributed by atoms with Gasteiger partial charge in [-0.3, -0.25) is 4.79 Å². The summed E-state index contributed by atoms with van der Waals surface area (Å²) < 4.78 is 10.7. The van der Waals surface area contributed by atoms with Crippen molar-refractivity contribution in [3.05, 3.63) is 89.4 Å². The van der Waals surface area contributed by atoms with Gasteiger partial charge in [-0.15, -0.1) is 0 Å². The molecule has 1 aromatic heterocycles. The first-order chi connectivity index (χ1) is 18.0. The number of rotatable bonds is 9. The maximum Gasteiger partial charge on any atom is 0.234 e. The van der Waals surface area contributed by atoms with Crippen LogP contribution in [0.4, 0.5) is 5.69 Å². The molecule has 0 aliphatic heterocycles. The van der Waals surface area contributed by atoms with Crippen molar-refractivity contribution >= 4 is 35.0 Å². The number of benzene rings is 3. The monoisotopic (exact) mass is 529 g/mol. The van der Waals surface area contributed by atoms with Gasteiger partial charge in [-0.1, -0.05) is 47.6 Å². The largest absolute Gasteiger partial charge is 0.497 e. The van der Waals surface area contributed by atoms with Crippen LogP contribution in [0.25, 0.3) is 22.4 Å². The van der Waals surface area contributed by atoms with Crippen molar-refractivity contribution in [1.82, 2.24) is 4.98 Å². The van der Waals surface area contributed by atoms with Crippen molar-refractivity contribution in [3.63, 3.8) is 0 Å². The molecule has 4 aromatic rings. The molecule has 37 heavy (non-hydrogen) atoms. The minimum Gasteiger partial charge on any atom is -0.497 e. The normalized spacial score (nSPS) is 10.4. The van der Waals surface area contributed by atoms with E-state index in [0.717, 1.165) is 28.2 Å². The fraction of sp³-hybridized carbons (Fsp3) is 0.138. The van der Waals surface area contributed by atoms with Crippen LogP contribution in [0, 0.1) is 11.3 Å². The summed E-state index contributed by atoms with van der Waals surface area (Å²) in [5, 5.41) is 14.0. The fourth-order valence-corrected chi connectivity index (χ4v) is 4.56. The predicted octanol–water partition coefficient (Wildman–Crippen LogP) is 7.08. The first-order valence-corrected chi connectivity index (χ1v) is 12.9. The van der Waals surface area contributed by atoms with Gasteiger partial charge >= 0.3 is 0 Å². The predicted molar refractivity (Wildman–Crippen MR) is 148 cm³/mol. The standard InChI is InChI=1S/C29H24ClN3O3S/c1-3-36-24-14-10-22(11-15-24)32-28(34)18-37-29-26(17-31)25(19-6-12-23(35-2)13-7-19)16-27(33-29)20-4-8-21(30)9-5-20/h4-16H,3,18H2,1-2H3,(H,32,34). The summed E-state index contributed by atoms with van der Waals surface area (Å²) >= 11 is 7.30. The van der Waals surface area contributed by atoms with Crippen molar-refractivity contribution in [2.45, 2.75) is 11.9 Å². The highest BCUT2D eigenvalue weighted by atomic mass is 35.5. The molecule has 6 nitrogen and oxygen atoms in total. The Balaban J connectivity index is 1.63. The lowest BCUT2D eigenvalue weighted by atomic mass is 9.99. The number of carbonyl (C=O) groups is 1. The van der Waals surface area contributed by atoms with Gasteiger partial charge in [0.2, 0.25) is 5.91 Å². The minimum atomic E-state index is -0.206. The van der Waals surface area contributed by atoms with Gasteiger partial charge in [0.1, 0.15) is 22.6 Å². The number of halogens is 1. The summed E-state index contributed by atoms with van der Waals surface area (Å²) in [5.41, 5.74) is 4.16. The highest BCUT2D eigenvalue weighted by Gasteiger charge is 2.17. The number of methoxy groups -OCH3 is 1. The second-order valence-electron chi connectivity index (χ2n) is 7.88. The Bertz CT molecular complexity index is 1420. The SMILES string of the molecule is CCOc1ccc(NC(=O)CSc2nc(-c3ccc(Cl)cc3)cc(-c3ccc(OC)cc3)c2C#N)cc1. The summed E-state index contributed by atoms with van der Waals surface area (Å²) in [6, 6.07) is 26.2. The Hall–Kier alpha value is -3.99. The van der Waals surface area contributed by atoms with Crippen molar-refractivity contribution in [3.8, 4) is 40.0 Å². The van der Waals surface area contributed by atoms with E-state index in [1.807, 2.05) is 49.4 Å². The van der Waals surface area contributed by atoms with E-state index in [9.17, 15) is 10.1 Å². The summed E-state index contributed by atoms with van der Waals surface area (Å²) in [7, 11) is 1.61. The second-order valence-corrected chi connectivity index (χ2v) is 9.28. The van der Waals surface area contributed by atoms with Crippen molar-refractivity contribution in [2.75, 3.05) is 24.8 Å². The van der Waals surface area contributed by atoms with Gasteiger partial charge in [0.05, 0.1) is 30.7 Å². The van der Waals surface area contributed by atoms with E-state index in [-0.39, 0.29) is 11.7 Å². The molecule has 0 radical (unpaired) electrons. The first kappa shape index (κ1) is 26.1. The van der Waals surface area contributed by atoms with Crippen molar-refractivity contribution < 1.29 is 14.3 Å². The highest BCUT2D eigenvalue weighted by Crippen LogP contribution is 2.35. The van der Waals surface area contributed by atoms with E-state index < -0.39 is 0 Å². The number of anilines is 1. The van der Waals surface area contributed by atoms with E-state index in [2.05, 4.69) is 11.4 Å². The third-order valence-corrected chi connectivity index (χ3v) is 6.66.